The number of halogens is 1. The third-order valence-corrected chi connectivity index (χ3v) is 1.76. The smallest absolute Gasteiger partial charge is 0.343 e. The maximum atomic E-state index is 11.1. The first kappa shape index (κ1) is 13.8. The lowest BCUT2D eigenvalue weighted by molar-refractivity contribution is -0.696. The van der Waals surface area contributed by atoms with Gasteiger partial charge in [0.05, 0.1) is 19.6 Å². The second-order valence-corrected chi connectivity index (χ2v) is 2.73. The number of carbonyl (C=O) groups is 1. The van der Waals surface area contributed by atoms with E-state index in [1.54, 1.807) is 22.9 Å². The Labute approximate surface area is 105 Å². The predicted molar refractivity (Wildman–Crippen MR) is 48.2 cm³/mol. The summed E-state index contributed by atoms with van der Waals surface area (Å²) >= 11 is 0. The molecule has 5 heteroatoms. The topological polar surface area (TPSA) is 54.0 Å². The molecule has 0 atom stereocenters. The van der Waals surface area contributed by atoms with Crippen LogP contribution in [0, 0.1) is 11.3 Å². The summed E-state index contributed by atoms with van der Waals surface area (Å²) in [5, 5.41) is 8.40. The Bertz CT molecular complexity index is 374. The molecule has 0 spiro atoms. The van der Waals surface area contributed by atoms with Crippen molar-refractivity contribution in [1.82, 2.24) is 0 Å². The van der Waals surface area contributed by atoms with Crippen LogP contribution in [-0.4, -0.2) is 13.1 Å². The third kappa shape index (κ3) is 4.25. The van der Waals surface area contributed by atoms with Gasteiger partial charge < -0.3 is 28.7 Å². The molecule has 4 nitrogen and oxygen atoms in total. The molecule has 80 valence electrons. The molecule has 1 aromatic rings. The summed E-state index contributed by atoms with van der Waals surface area (Å²) in [4.78, 5) is 11.1. The van der Waals surface area contributed by atoms with Gasteiger partial charge in [-0.15, -0.1) is 0 Å². The SMILES string of the molecule is COC(=O)c1ccc[n+](CCC#N)c1.[I-]. The van der Waals surface area contributed by atoms with Crippen LogP contribution >= 0.6 is 0 Å². The van der Waals surface area contributed by atoms with Crippen molar-refractivity contribution < 1.29 is 38.1 Å². The monoisotopic (exact) mass is 318 g/mol. The van der Waals surface area contributed by atoms with Crippen LogP contribution in [0.4, 0.5) is 0 Å². The first-order valence-electron chi connectivity index (χ1n) is 4.22. The molecule has 0 saturated carbocycles. The average molecular weight is 318 g/mol. The quantitative estimate of drug-likeness (QED) is 0.357. The lowest BCUT2D eigenvalue weighted by Gasteiger charge is -1.97. The molecule has 0 bridgehead atoms. The Morgan fingerprint density at radius 1 is 1.67 bits per heavy atom. The molecule has 0 aromatic carbocycles. The van der Waals surface area contributed by atoms with E-state index in [4.69, 9.17) is 5.26 Å². The lowest BCUT2D eigenvalue weighted by atomic mass is 10.3. The van der Waals surface area contributed by atoms with E-state index in [9.17, 15) is 4.79 Å². The number of nitriles is 1. The van der Waals surface area contributed by atoms with Crippen molar-refractivity contribution in [1.29, 1.82) is 5.26 Å². The summed E-state index contributed by atoms with van der Waals surface area (Å²) < 4.78 is 6.37. The number of carbonyl (C=O) groups excluding carboxylic acids is 1. The number of aryl methyl sites for hydroxylation is 1. The molecule has 0 aliphatic carbocycles. The normalized spacial score (nSPS) is 8.53. The molecule has 1 aromatic heterocycles. The van der Waals surface area contributed by atoms with Crippen molar-refractivity contribution in [2.75, 3.05) is 7.11 Å². The summed E-state index contributed by atoms with van der Waals surface area (Å²) in [5.74, 6) is -0.365. The van der Waals surface area contributed by atoms with Gasteiger partial charge in [0.25, 0.3) is 0 Å². The van der Waals surface area contributed by atoms with E-state index in [0.717, 1.165) is 0 Å². The molecule has 0 fully saturated rings. The molecule has 0 saturated heterocycles. The number of nitrogens with zero attached hydrogens (tertiary/aromatic N) is 2. The Morgan fingerprint density at radius 2 is 2.40 bits per heavy atom. The van der Waals surface area contributed by atoms with Crippen molar-refractivity contribution >= 4 is 5.97 Å². The van der Waals surface area contributed by atoms with E-state index in [1.807, 2.05) is 12.3 Å². The minimum absolute atomic E-state index is 0. The third-order valence-electron chi connectivity index (χ3n) is 1.76. The Kier molecular flexibility index (Phi) is 6.62. The average Bonchev–Trinajstić information content (AvgIpc) is 2.25. The highest BCUT2D eigenvalue weighted by Gasteiger charge is 2.09. The minimum Gasteiger partial charge on any atom is -1.00 e. The summed E-state index contributed by atoms with van der Waals surface area (Å²) in [5.41, 5.74) is 0.493. The van der Waals surface area contributed by atoms with Gasteiger partial charge in [-0.2, -0.15) is 5.26 Å². The zero-order valence-corrected chi connectivity index (χ0v) is 10.5. The zero-order valence-electron chi connectivity index (χ0n) is 8.31. The Balaban J connectivity index is 0.00000196. The van der Waals surface area contributed by atoms with Crippen LogP contribution < -0.4 is 28.5 Å². The number of aromatic nitrogens is 1. The maximum Gasteiger partial charge on any atom is 0.343 e. The number of methoxy groups -OCH3 is 1. The van der Waals surface area contributed by atoms with Gasteiger partial charge in [0, 0.05) is 6.07 Å². The number of ether oxygens (including phenoxy) is 1. The fourth-order valence-electron chi connectivity index (χ4n) is 1.08. The lowest BCUT2D eigenvalue weighted by Crippen LogP contribution is -3.00. The van der Waals surface area contributed by atoms with Gasteiger partial charge in [0.1, 0.15) is 5.56 Å². The molecule has 1 rings (SSSR count). The van der Waals surface area contributed by atoms with Crippen LogP contribution in [0.15, 0.2) is 24.5 Å². The largest absolute Gasteiger partial charge is 1.00 e. The van der Waals surface area contributed by atoms with E-state index in [-0.39, 0.29) is 29.9 Å². The highest BCUT2D eigenvalue weighted by atomic mass is 127. The number of hydrogen-bond donors (Lipinski definition) is 0. The Morgan fingerprint density at radius 3 is 3.00 bits per heavy atom. The summed E-state index contributed by atoms with van der Waals surface area (Å²) in [6.45, 7) is 0.585. The van der Waals surface area contributed by atoms with Gasteiger partial charge in [-0.25, -0.2) is 9.36 Å². The van der Waals surface area contributed by atoms with Crippen molar-refractivity contribution in [3.63, 3.8) is 0 Å². The van der Waals surface area contributed by atoms with Gasteiger partial charge in [0.2, 0.25) is 0 Å². The van der Waals surface area contributed by atoms with Crippen LogP contribution in [0.25, 0.3) is 0 Å². The highest BCUT2D eigenvalue weighted by Crippen LogP contribution is 1.96. The van der Waals surface area contributed by atoms with Crippen LogP contribution in [0.3, 0.4) is 0 Å². The van der Waals surface area contributed by atoms with E-state index in [1.165, 1.54) is 7.11 Å². The first-order valence-corrected chi connectivity index (χ1v) is 4.22. The van der Waals surface area contributed by atoms with Crippen molar-refractivity contribution in [2.45, 2.75) is 13.0 Å². The number of esters is 1. The fraction of sp³-hybridized carbons (Fsp3) is 0.300. The van der Waals surface area contributed by atoms with E-state index in [2.05, 4.69) is 4.74 Å². The summed E-state index contributed by atoms with van der Waals surface area (Å²) in [7, 11) is 1.34. The molecule has 15 heavy (non-hydrogen) atoms. The molecule has 0 aliphatic rings. The maximum absolute atomic E-state index is 11.1. The van der Waals surface area contributed by atoms with Gasteiger partial charge in [-0.3, -0.25) is 0 Å². The molecule has 0 radical (unpaired) electrons. The molecular weight excluding hydrogens is 307 g/mol. The van der Waals surface area contributed by atoms with E-state index in [0.29, 0.717) is 18.5 Å². The zero-order chi connectivity index (χ0) is 10.4. The standard InChI is InChI=1S/C10H11N2O2.HI/c1-14-10(13)9-4-2-6-12(8-9)7-3-5-11;/h2,4,6,8H,3,7H2,1H3;1H/q+1;/p-1. The predicted octanol–water partition coefficient (Wildman–Crippen LogP) is -2.32. The molecular formula is C10H11IN2O2. The van der Waals surface area contributed by atoms with Crippen LogP contribution in [0.2, 0.25) is 0 Å². The van der Waals surface area contributed by atoms with E-state index < -0.39 is 0 Å². The van der Waals surface area contributed by atoms with Gasteiger partial charge >= 0.3 is 5.97 Å². The number of hydrogen-bond acceptors (Lipinski definition) is 3. The molecule has 1 heterocycles. The molecule has 0 amide bonds. The summed E-state index contributed by atoms with van der Waals surface area (Å²) in [6, 6.07) is 5.47. The fourth-order valence-corrected chi connectivity index (χ4v) is 1.08. The van der Waals surface area contributed by atoms with Gasteiger partial charge in [0.15, 0.2) is 18.9 Å². The van der Waals surface area contributed by atoms with E-state index >= 15 is 0 Å². The second kappa shape index (κ2) is 7.17. The number of pyridine rings is 1. The van der Waals surface area contributed by atoms with Gasteiger partial charge in [-0.05, 0) is 6.07 Å². The number of rotatable bonds is 3. The minimum atomic E-state index is -0.365. The highest BCUT2D eigenvalue weighted by molar-refractivity contribution is 5.88. The summed E-state index contributed by atoms with van der Waals surface area (Å²) in [6.07, 6.45) is 3.91. The molecule has 0 N–H and O–H groups in total. The van der Waals surface area contributed by atoms with Gasteiger partial charge in [-0.1, -0.05) is 0 Å². The van der Waals surface area contributed by atoms with Crippen LogP contribution in [0.5, 0.6) is 0 Å². The van der Waals surface area contributed by atoms with Crippen molar-refractivity contribution in [2.24, 2.45) is 0 Å². The van der Waals surface area contributed by atoms with Crippen LogP contribution in [-0.2, 0) is 11.3 Å². The molecule has 0 unspecified atom stereocenters. The van der Waals surface area contributed by atoms with Crippen molar-refractivity contribution in [3.8, 4) is 6.07 Å². The van der Waals surface area contributed by atoms with Crippen molar-refractivity contribution in [3.05, 3.63) is 30.1 Å². The second-order valence-electron chi connectivity index (χ2n) is 2.73. The van der Waals surface area contributed by atoms with Crippen LogP contribution in [0.1, 0.15) is 16.8 Å². The Hall–Kier alpha value is -1.16. The first-order chi connectivity index (χ1) is 6.77. The molecule has 0 aliphatic heterocycles.